The summed E-state index contributed by atoms with van der Waals surface area (Å²) in [5.41, 5.74) is 0. The van der Waals surface area contributed by atoms with Crippen LogP contribution in [0.3, 0.4) is 0 Å². The standard InChI is InChI=1S/C7H15FO/c1-3-5-6-7(4-2)9-8/h7H,3-6H2,1-2H3. The molecule has 0 N–H and O–H groups in total. The van der Waals surface area contributed by atoms with Crippen molar-refractivity contribution in [3.8, 4) is 0 Å². The molecule has 0 aliphatic rings. The van der Waals surface area contributed by atoms with Crippen molar-refractivity contribution in [1.82, 2.24) is 0 Å². The van der Waals surface area contributed by atoms with Crippen molar-refractivity contribution in [2.24, 2.45) is 0 Å². The lowest BCUT2D eigenvalue weighted by Gasteiger charge is -2.06. The summed E-state index contributed by atoms with van der Waals surface area (Å²) in [5, 5.41) is 0. The Morgan fingerprint density at radius 2 is 2.11 bits per heavy atom. The predicted octanol–water partition coefficient (Wildman–Crippen LogP) is 2.86. The Labute approximate surface area is 56.1 Å². The largest absolute Gasteiger partial charge is 0.191 e. The van der Waals surface area contributed by atoms with Gasteiger partial charge in [0.05, 0.1) is 6.10 Å². The maximum absolute atomic E-state index is 11.5. The van der Waals surface area contributed by atoms with Gasteiger partial charge < -0.3 is 0 Å². The van der Waals surface area contributed by atoms with Crippen molar-refractivity contribution in [1.29, 1.82) is 0 Å². The van der Waals surface area contributed by atoms with Gasteiger partial charge in [0.1, 0.15) is 0 Å². The van der Waals surface area contributed by atoms with Crippen molar-refractivity contribution >= 4 is 0 Å². The number of hydrogen-bond donors (Lipinski definition) is 0. The fraction of sp³-hybridized carbons (Fsp3) is 1.00. The number of hydrogen-bond acceptors (Lipinski definition) is 1. The van der Waals surface area contributed by atoms with Crippen molar-refractivity contribution in [3.05, 3.63) is 0 Å². The van der Waals surface area contributed by atoms with Gasteiger partial charge in [0.25, 0.3) is 0 Å². The Hall–Kier alpha value is -0.110. The summed E-state index contributed by atoms with van der Waals surface area (Å²) in [6.45, 7) is 4.02. The highest BCUT2D eigenvalue weighted by molar-refractivity contribution is 4.51. The van der Waals surface area contributed by atoms with E-state index in [1.54, 1.807) is 0 Å². The maximum Gasteiger partial charge on any atom is 0.0981 e. The quantitative estimate of drug-likeness (QED) is 0.561. The first kappa shape index (κ1) is 8.89. The summed E-state index contributed by atoms with van der Waals surface area (Å²) in [6, 6.07) is 0. The van der Waals surface area contributed by atoms with Gasteiger partial charge in [-0.1, -0.05) is 26.7 Å². The van der Waals surface area contributed by atoms with E-state index < -0.39 is 0 Å². The second kappa shape index (κ2) is 6.02. The molecule has 0 radical (unpaired) electrons. The molecule has 2 heteroatoms. The predicted molar refractivity (Wildman–Crippen MR) is 35.8 cm³/mol. The van der Waals surface area contributed by atoms with Gasteiger partial charge in [-0.3, -0.25) is 0 Å². The van der Waals surface area contributed by atoms with E-state index in [0.717, 1.165) is 25.7 Å². The average Bonchev–Trinajstić information content (AvgIpc) is 1.91. The van der Waals surface area contributed by atoms with E-state index in [9.17, 15) is 4.53 Å². The van der Waals surface area contributed by atoms with Crippen molar-refractivity contribution < 1.29 is 9.47 Å². The minimum absolute atomic E-state index is 0.162. The van der Waals surface area contributed by atoms with E-state index in [2.05, 4.69) is 11.9 Å². The molecule has 0 spiro atoms. The smallest absolute Gasteiger partial charge is 0.0981 e. The Morgan fingerprint density at radius 3 is 2.44 bits per heavy atom. The molecule has 56 valence electrons. The fourth-order valence-electron chi connectivity index (χ4n) is 0.743. The highest BCUT2D eigenvalue weighted by Gasteiger charge is 2.04. The molecule has 0 saturated carbocycles. The molecule has 1 unspecified atom stereocenters. The zero-order valence-electron chi connectivity index (χ0n) is 6.19. The molecule has 0 aliphatic carbocycles. The van der Waals surface area contributed by atoms with E-state index in [1.165, 1.54) is 0 Å². The van der Waals surface area contributed by atoms with Gasteiger partial charge in [-0.05, 0) is 17.4 Å². The van der Waals surface area contributed by atoms with E-state index in [0.29, 0.717) is 0 Å². The van der Waals surface area contributed by atoms with Crippen LogP contribution in [0.4, 0.5) is 4.53 Å². The van der Waals surface area contributed by atoms with Crippen LogP contribution in [-0.4, -0.2) is 6.10 Å². The molecule has 0 saturated heterocycles. The van der Waals surface area contributed by atoms with E-state index in [-0.39, 0.29) is 6.10 Å². The van der Waals surface area contributed by atoms with Gasteiger partial charge in [0.15, 0.2) is 0 Å². The third kappa shape index (κ3) is 4.40. The van der Waals surface area contributed by atoms with Crippen LogP contribution < -0.4 is 0 Å². The molecule has 0 aromatic heterocycles. The molecule has 1 atom stereocenters. The van der Waals surface area contributed by atoms with Crippen LogP contribution in [0.25, 0.3) is 0 Å². The summed E-state index contributed by atoms with van der Waals surface area (Å²) in [7, 11) is 0. The molecule has 0 heterocycles. The topological polar surface area (TPSA) is 9.23 Å². The van der Waals surface area contributed by atoms with Gasteiger partial charge >= 0.3 is 0 Å². The van der Waals surface area contributed by atoms with Gasteiger partial charge in [-0.2, -0.15) is 4.94 Å². The van der Waals surface area contributed by atoms with E-state index >= 15 is 0 Å². The summed E-state index contributed by atoms with van der Waals surface area (Å²) < 4.78 is 11.5. The van der Waals surface area contributed by atoms with Crippen LogP contribution in [0.15, 0.2) is 0 Å². The highest BCUT2D eigenvalue weighted by Crippen LogP contribution is 2.07. The van der Waals surface area contributed by atoms with E-state index in [4.69, 9.17) is 0 Å². The first-order valence-corrected chi connectivity index (χ1v) is 3.62. The van der Waals surface area contributed by atoms with E-state index in [1.807, 2.05) is 6.92 Å². The molecule has 0 fully saturated rings. The second-order valence-electron chi connectivity index (χ2n) is 2.26. The molecule has 0 aliphatic heterocycles. The average molecular weight is 134 g/mol. The second-order valence-corrected chi connectivity index (χ2v) is 2.26. The van der Waals surface area contributed by atoms with Gasteiger partial charge in [0.2, 0.25) is 0 Å². The summed E-state index contributed by atoms with van der Waals surface area (Å²) in [6.07, 6.45) is 3.63. The van der Waals surface area contributed by atoms with Crippen LogP contribution in [0.2, 0.25) is 0 Å². The Balaban J connectivity index is 3.09. The minimum Gasteiger partial charge on any atom is -0.191 e. The first-order chi connectivity index (χ1) is 4.35. The summed E-state index contributed by atoms with van der Waals surface area (Å²) in [5.74, 6) is 0. The molecule has 0 amide bonds. The lowest BCUT2D eigenvalue weighted by Crippen LogP contribution is -2.05. The third-order valence-electron chi connectivity index (χ3n) is 1.46. The van der Waals surface area contributed by atoms with Crippen LogP contribution in [0, 0.1) is 0 Å². The molecule has 0 bridgehead atoms. The Morgan fingerprint density at radius 1 is 1.44 bits per heavy atom. The molecule has 0 aromatic rings. The van der Waals surface area contributed by atoms with Crippen LogP contribution in [0.5, 0.6) is 0 Å². The maximum atomic E-state index is 11.5. The minimum atomic E-state index is -0.162. The van der Waals surface area contributed by atoms with Crippen LogP contribution in [-0.2, 0) is 4.94 Å². The van der Waals surface area contributed by atoms with Gasteiger partial charge in [0, 0.05) is 0 Å². The Kier molecular flexibility index (Phi) is 5.94. The molecule has 1 nitrogen and oxygen atoms in total. The molecular weight excluding hydrogens is 119 g/mol. The zero-order valence-corrected chi connectivity index (χ0v) is 6.19. The van der Waals surface area contributed by atoms with Gasteiger partial charge in [-0.25, -0.2) is 0 Å². The van der Waals surface area contributed by atoms with Crippen LogP contribution in [0.1, 0.15) is 39.5 Å². The summed E-state index contributed by atoms with van der Waals surface area (Å²) in [4.78, 5) is 3.70. The summed E-state index contributed by atoms with van der Waals surface area (Å²) >= 11 is 0. The normalized spacial score (nSPS) is 13.7. The lowest BCUT2D eigenvalue weighted by atomic mass is 10.1. The lowest BCUT2D eigenvalue weighted by molar-refractivity contribution is -0.181. The SMILES string of the molecule is CCCCC(CC)OF. The molecular formula is C7H15FO. The molecule has 0 aromatic carbocycles. The molecule has 9 heavy (non-hydrogen) atoms. The van der Waals surface area contributed by atoms with Crippen molar-refractivity contribution in [2.75, 3.05) is 0 Å². The Bertz CT molecular complexity index is 52.9. The highest BCUT2D eigenvalue weighted by atomic mass is 19.3. The number of halogens is 1. The third-order valence-corrected chi connectivity index (χ3v) is 1.46. The zero-order chi connectivity index (χ0) is 7.11. The first-order valence-electron chi connectivity index (χ1n) is 3.62. The molecule has 0 rings (SSSR count). The van der Waals surface area contributed by atoms with Gasteiger partial charge in [-0.15, -0.1) is 0 Å². The monoisotopic (exact) mass is 134 g/mol. The van der Waals surface area contributed by atoms with Crippen LogP contribution >= 0.6 is 0 Å². The fourth-order valence-corrected chi connectivity index (χ4v) is 0.743. The number of rotatable bonds is 5. The number of unbranched alkanes of at least 4 members (excludes halogenated alkanes) is 1. The van der Waals surface area contributed by atoms with Crippen molar-refractivity contribution in [3.63, 3.8) is 0 Å². The van der Waals surface area contributed by atoms with Crippen molar-refractivity contribution in [2.45, 2.75) is 45.6 Å².